The normalized spacial score (nSPS) is 11.8. The second-order valence-electron chi connectivity index (χ2n) is 3.62. The molecule has 1 aromatic carbocycles. The number of aromatic nitrogens is 2. The molecule has 2 rings (SSSR count). The van der Waals surface area contributed by atoms with Gasteiger partial charge in [0.2, 0.25) is 0 Å². The zero-order chi connectivity index (χ0) is 12.3. The largest absolute Gasteiger partial charge is 0.386 e. The molecule has 0 fully saturated rings. The number of nitrogens with zero attached hydrogens (tertiary/aromatic N) is 3. The molecule has 1 heterocycles. The van der Waals surface area contributed by atoms with Crippen LogP contribution >= 0.6 is 11.6 Å². The van der Waals surface area contributed by atoms with Crippen LogP contribution in [-0.2, 0) is 7.05 Å². The van der Waals surface area contributed by atoms with Crippen molar-refractivity contribution in [1.82, 2.24) is 9.78 Å². The average molecular weight is 249 g/mol. The Labute approximate surface area is 105 Å². The molecule has 0 bridgehead atoms. The summed E-state index contributed by atoms with van der Waals surface area (Å²) in [5, 5.41) is 4.13. The summed E-state index contributed by atoms with van der Waals surface area (Å²) in [6.45, 7) is 0. The van der Waals surface area contributed by atoms with Gasteiger partial charge in [0, 0.05) is 13.2 Å². The molecular weight excluding hydrogens is 236 g/mol. The molecule has 0 saturated heterocycles. The highest BCUT2D eigenvalue weighted by Gasteiger charge is 2.01. The van der Waals surface area contributed by atoms with Crippen molar-refractivity contribution in [2.24, 2.45) is 17.8 Å². The Morgan fingerprint density at radius 3 is 2.59 bits per heavy atom. The summed E-state index contributed by atoms with van der Waals surface area (Å²) >= 11 is 5.57. The molecule has 17 heavy (non-hydrogen) atoms. The number of halogens is 1. The van der Waals surface area contributed by atoms with Crippen molar-refractivity contribution in [3.63, 3.8) is 0 Å². The van der Waals surface area contributed by atoms with Crippen molar-refractivity contribution >= 4 is 23.1 Å². The van der Waals surface area contributed by atoms with E-state index in [4.69, 9.17) is 17.3 Å². The number of aryl methyl sites for hydroxylation is 1. The molecule has 0 aliphatic carbocycles. The Bertz CT molecular complexity index is 528. The van der Waals surface area contributed by atoms with Gasteiger partial charge < -0.3 is 5.73 Å². The summed E-state index contributed by atoms with van der Waals surface area (Å²) in [4.78, 5) is 4.16. The van der Waals surface area contributed by atoms with Gasteiger partial charge in [-0.1, -0.05) is 12.1 Å². The van der Waals surface area contributed by atoms with Gasteiger partial charge in [-0.2, -0.15) is 5.10 Å². The Morgan fingerprint density at radius 1 is 1.35 bits per heavy atom. The number of benzene rings is 1. The lowest BCUT2D eigenvalue weighted by Gasteiger charge is -2.02. The second kappa shape index (κ2) is 5.01. The number of hydrogen-bond acceptors (Lipinski definition) is 2. The van der Waals surface area contributed by atoms with E-state index in [-0.39, 0.29) is 5.88 Å². The maximum absolute atomic E-state index is 5.57. The van der Waals surface area contributed by atoms with E-state index in [1.807, 2.05) is 42.1 Å². The zero-order valence-electron chi connectivity index (χ0n) is 9.47. The highest BCUT2D eigenvalue weighted by molar-refractivity contribution is 6.28. The third-order valence-electron chi connectivity index (χ3n) is 2.39. The number of rotatable bonds is 3. The van der Waals surface area contributed by atoms with E-state index in [0.717, 1.165) is 16.9 Å². The molecule has 88 valence electrons. The quantitative estimate of drug-likeness (QED) is 0.515. The fourth-order valence-electron chi connectivity index (χ4n) is 1.56. The van der Waals surface area contributed by atoms with E-state index in [9.17, 15) is 0 Å². The minimum absolute atomic E-state index is 0.240. The van der Waals surface area contributed by atoms with Gasteiger partial charge in [-0.3, -0.25) is 4.68 Å². The summed E-state index contributed by atoms with van der Waals surface area (Å²) in [7, 11) is 1.91. The maximum atomic E-state index is 5.57. The van der Waals surface area contributed by atoms with Crippen LogP contribution in [0.25, 0.3) is 11.3 Å². The lowest BCUT2D eigenvalue weighted by atomic mass is 10.1. The lowest BCUT2D eigenvalue weighted by Crippen LogP contribution is -2.12. The van der Waals surface area contributed by atoms with Gasteiger partial charge in [-0.05, 0) is 23.8 Å². The van der Waals surface area contributed by atoms with Crippen LogP contribution in [0.5, 0.6) is 0 Å². The molecule has 0 atom stereocenters. The van der Waals surface area contributed by atoms with E-state index in [0.29, 0.717) is 5.84 Å². The minimum Gasteiger partial charge on any atom is -0.386 e. The first-order valence-corrected chi connectivity index (χ1v) is 5.71. The summed E-state index contributed by atoms with van der Waals surface area (Å²) < 4.78 is 1.82. The van der Waals surface area contributed by atoms with Crippen LogP contribution in [0.15, 0.2) is 41.5 Å². The Hall–Kier alpha value is -1.81. The smallest absolute Gasteiger partial charge is 0.115 e. The fraction of sp³-hybridized carbons (Fsp3) is 0.167. The topological polar surface area (TPSA) is 56.2 Å². The minimum atomic E-state index is 0.240. The van der Waals surface area contributed by atoms with Crippen molar-refractivity contribution in [3.05, 3.63) is 36.5 Å². The molecule has 0 amide bonds. The first-order chi connectivity index (χ1) is 8.20. The third-order valence-corrected chi connectivity index (χ3v) is 2.67. The molecule has 2 N–H and O–H groups in total. The predicted octanol–water partition coefficient (Wildman–Crippen LogP) is 2.31. The zero-order valence-corrected chi connectivity index (χ0v) is 10.2. The van der Waals surface area contributed by atoms with Gasteiger partial charge in [0.1, 0.15) is 5.84 Å². The van der Waals surface area contributed by atoms with Crippen LogP contribution in [0.3, 0.4) is 0 Å². The first-order valence-electron chi connectivity index (χ1n) is 5.18. The second-order valence-corrected chi connectivity index (χ2v) is 3.89. The summed E-state index contributed by atoms with van der Waals surface area (Å²) in [6.07, 6.45) is 1.77. The van der Waals surface area contributed by atoms with Crippen LogP contribution in [0.1, 0.15) is 0 Å². The number of alkyl halides is 1. The molecule has 0 unspecified atom stereocenters. The molecule has 0 aliphatic heterocycles. The van der Waals surface area contributed by atoms with Crippen LogP contribution < -0.4 is 5.73 Å². The van der Waals surface area contributed by atoms with Crippen molar-refractivity contribution in [2.75, 3.05) is 5.88 Å². The molecule has 1 aromatic heterocycles. The van der Waals surface area contributed by atoms with Crippen LogP contribution in [0, 0.1) is 0 Å². The summed E-state index contributed by atoms with van der Waals surface area (Å²) in [6, 6.07) is 9.74. The molecule has 0 spiro atoms. The summed E-state index contributed by atoms with van der Waals surface area (Å²) in [5.74, 6) is 0.656. The van der Waals surface area contributed by atoms with Crippen LogP contribution in [-0.4, -0.2) is 21.5 Å². The van der Waals surface area contributed by atoms with E-state index < -0.39 is 0 Å². The van der Waals surface area contributed by atoms with Crippen molar-refractivity contribution in [2.45, 2.75) is 0 Å². The Kier molecular flexibility index (Phi) is 3.44. The monoisotopic (exact) mass is 248 g/mol. The molecule has 2 aromatic rings. The van der Waals surface area contributed by atoms with Crippen molar-refractivity contribution < 1.29 is 0 Å². The van der Waals surface area contributed by atoms with E-state index in [1.165, 1.54) is 0 Å². The van der Waals surface area contributed by atoms with Gasteiger partial charge in [0.05, 0.1) is 17.3 Å². The first kappa shape index (κ1) is 11.7. The van der Waals surface area contributed by atoms with Gasteiger partial charge in [0.15, 0.2) is 0 Å². The Balaban J connectivity index is 2.28. The van der Waals surface area contributed by atoms with Crippen LogP contribution in [0.4, 0.5) is 5.69 Å². The highest BCUT2D eigenvalue weighted by atomic mass is 35.5. The number of nitrogens with two attached hydrogens (primary N) is 1. The molecule has 0 aliphatic rings. The average Bonchev–Trinajstić information content (AvgIpc) is 2.76. The molecular formula is C12H13ClN4. The number of aliphatic imine (C=N–C) groups is 1. The predicted molar refractivity (Wildman–Crippen MR) is 70.6 cm³/mol. The standard InChI is InChI=1S/C12H13ClN4/c1-17-11(6-7-15-17)9-2-4-10(5-3-9)16-12(14)8-13/h2-7H,8H2,1H3,(H2,14,16). The van der Waals surface area contributed by atoms with E-state index in [2.05, 4.69) is 10.1 Å². The summed E-state index contributed by atoms with van der Waals surface area (Å²) in [5.41, 5.74) is 8.52. The lowest BCUT2D eigenvalue weighted by molar-refractivity contribution is 0.776. The molecule has 5 heteroatoms. The van der Waals surface area contributed by atoms with Gasteiger partial charge >= 0.3 is 0 Å². The number of hydrogen-bond donors (Lipinski definition) is 1. The molecule has 0 saturated carbocycles. The molecule has 4 nitrogen and oxygen atoms in total. The van der Waals surface area contributed by atoms with Crippen molar-refractivity contribution in [3.8, 4) is 11.3 Å². The molecule has 0 radical (unpaired) electrons. The van der Waals surface area contributed by atoms with Gasteiger partial charge in [0.25, 0.3) is 0 Å². The van der Waals surface area contributed by atoms with E-state index in [1.54, 1.807) is 6.20 Å². The van der Waals surface area contributed by atoms with Gasteiger partial charge in [-0.15, -0.1) is 11.6 Å². The highest BCUT2D eigenvalue weighted by Crippen LogP contribution is 2.21. The van der Waals surface area contributed by atoms with E-state index >= 15 is 0 Å². The third kappa shape index (κ3) is 2.65. The van der Waals surface area contributed by atoms with Crippen LogP contribution in [0.2, 0.25) is 0 Å². The fourth-order valence-corrected chi connectivity index (χ4v) is 1.62. The number of amidine groups is 1. The SMILES string of the molecule is Cn1nccc1-c1ccc(N=C(N)CCl)cc1. The maximum Gasteiger partial charge on any atom is 0.115 e. The van der Waals surface area contributed by atoms with Crippen molar-refractivity contribution in [1.29, 1.82) is 0 Å². The van der Waals surface area contributed by atoms with Gasteiger partial charge in [-0.25, -0.2) is 4.99 Å². The Morgan fingerprint density at radius 2 is 2.06 bits per heavy atom.